The van der Waals surface area contributed by atoms with Crippen molar-refractivity contribution in [1.29, 1.82) is 0 Å². The van der Waals surface area contributed by atoms with E-state index in [-0.39, 0.29) is 84.1 Å². The Kier molecular flexibility index (Phi) is 21.0. The number of hydrogen-bond donors (Lipinski definition) is 6. The minimum absolute atomic E-state index is 0. The molecule has 0 radical (unpaired) electrons. The number of hydrogen-bond acceptors (Lipinski definition) is 30. The van der Waals surface area contributed by atoms with Gasteiger partial charge in [0.2, 0.25) is 0 Å². The molecule has 0 amide bonds. The first-order valence-electron chi connectivity index (χ1n) is 22.4. The van der Waals surface area contributed by atoms with Crippen molar-refractivity contribution in [2.45, 2.75) is 29.4 Å². The Morgan fingerprint density at radius 2 is 0.512 bits per heavy atom. The van der Waals surface area contributed by atoms with E-state index >= 15 is 0 Å². The van der Waals surface area contributed by atoms with E-state index in [1.165, 1.54) is 0 Å². The molecule has 0 unspecified atom stereocenters. The molecule has 0 atom stereocenters. The van der Waals surface area contributed by atoms with Gasteiger partial charge in [0.1, 0.15) is 77.8 Å². The molecule has 0 heterocycles. The molecule has 0 aliphatic heterocycles. The van der Waals surface area contributed by atoms with Crippen molar-refractivity contribution in [2.75, 3.05) is 17.2 Å². The van der Waals surface area contributed by atoms with Gasteiger partial charge in [-0.15, -0.1) is 15.3 Å². The normalized spacial score (nSPS) is 12.3. The first kappa shape index (κ1) is 68.7. The number of anilines is 3. The number of nitrogen functional groups attached to an aromatic ring is 3. The molecule has 38 heteroatoms. The Bertz CT molecular complexity index is 4470. The van der Waals surface area contributed by atoms with Crippen LogP contribution >= 0.6 is 0 Å². The van der Waals surface area contributed by atoms with E-state index in [4.69, 9.17) is 17.2 Å². The third-order valence-electron chi connectivity index (χ3n) is 11.2. The van der Waals surface area contributed by atoms with Crippen LogP contribution in [-0.2, 0) is 60.7 Å². The number of rotatable bonds is 12. The van der Waals surface area contributed by atoms with E-state index in [9.17, 15) is 93.1 Å². The van der Waals surface area contributed by atoms with Crippen molar-refractivity contribution in [1.82, 2.24) is 0 Å². The van der Waals surface area contributed by atoms with Crippen LogP contribution in [0.4, 0.5) is 51.2 Å². The van der Waals surface area contributed by atoms with E-state index in [1.807, 2.05) is 0 Å². The SMILES string of the molecule is Nc1cc(S(=O)(=O)[O-])cc2cc(S(=O)(=O)[O-])c(N=Nc3ccccc3)c(O)c12.Nc1cc(S(=O)(=O)[O-])cc2cc(S(=O)(=O)[O-])c(N=Nc3ccccc3)c(O)c12.Nc1cc(S(=O)(=O)[O-])cc2cc(S(=O)(=O)[O-])c(N=Nc3ccccc3)c(O)c12.[Al+3].[Al+3]. The quantitative estimate of drug-likeness (QED) is 0.0338. The maximum absolute atomic E-state index is 11.6. The Labute approximate surface area is 508 Å². The van der Waals surface area contributed by atoms with Crippen molar-refractivity contribution in [3.8, 4) is 17.2 Å². The van der Waals surface area contributed by atoms with Gasteiger partial charge < -0.3 is 59.8 Å². The number of phenolic OH excluding ortho intramolecular Hbond substituents is 3. The molecule has 0 saturated carbocycles. The largest absolute Gasteiger partial charge is 3.00 e. The topological polar surface area (TPSA) is 556 Å². The molecule has 9 aromatic carbocycles. The second-order valence-corrected chi connectivity index (χ2v) is 25.1. The summed E-state index contributed by atoms with van der Waals surface area (Å²) in [7, 11) is -30.2. The fourth-order valence-corrected chi connectivity index (χ4v) is 11.1. The fraction of sp³-hybridized carbons (Fsp3) is 0. The van der Waals surface area contributed by atoms with E-state index < -0.39 is 124 Å². The molecule has 0 aliphatic rings. The number of azo groups is 3. The molecule has 438 valence electrons. The third-order valence-corrected chi connectivity index (χ3v) is 16.2. The average Bonchev–Trinajstić information content (AvgIpc) is 0.839. The third kappa shape index (κ3) is 16.0. The molecule has 86 heavy (non-hydrogen) atoms. The van der Waals surface area contributed by atoms with Gasteiger partial charge in [0, 0.05) is 33.2 Å². The molecule has 0 fully saturated rings. The van der Waals surface area contributed by atoms with Crippen molar-refractivity contribution in [3.05, 3.63) is 146 Å². The second kappa shape index (κ2) is 26.2. The summed E-state index contributed by atoms with van der Waals surface area (Å²) in [4.78, 5) is -5.08. The summed E-state index contributed by atoms with van der Waals surface area (Å²) >= 11 is 0. The van der Waals surface area contributed by atoms with Gasteiger partial charge in [-0.1, -0.05) is 54.6 Å². The number of nitrogens with zero attached hydrogens (tertiary/aromatic N) is 6. The molecular weight excluding hydrogens is 1280 g/mol. The van der Waals surface area contributed by atoms with Crippen LogP contribution in [0.1, 0.15) is 0 Å². The zero-order valence-electron chi connectivity index (χ0n) is 42.6. The average molecular weight is 1320 g/mol. The number of phenols is 3. The van der Waals surface area contributed by atoms with Crippen LogP contribution in [0.15, 0.2) is 206 Å². The monoisotopic (exact) mass is 1320 g/mol. The summed E-state index contributed by atoms with van der Waals surface area (Å²) in [6.45, 7) is 0. The zero-order valence-corrected chi connectivity index (χ0v) is 49.8. The molecule has 0 spiro atoms. The summed E-state index contributed by atoms with van der Waals surface area (Å²) in [5, 5.41) is 52.5. The molecule has 0 aromatic heterocycles. The molecular formula is C48H33Al2N9O21S6. The van der Waals surface area contributed by atoms with E-state index in [2.05, 4.69) is 30.7 Å². The Morgan fingerprint density at radius 1 is 0.302 bits per heavy atom. The van der Waals surface area contributed by atoms with Crippen LogP contribution in [0.3, 0.4) is 0 Å². The van der Waals surface area contributed by atoms with Gasteiger partial charge in [0.15, 0.2) is 17.2 Å². The minimum Gasteiger partial charge on any atom is -0.744 e. The van der Waals surface area contributed by atoms with Crippen LogP contribution in [-0.4, -0.2) is 128 Å². The van der Waals surface area contributed by atoms with Crippen molar-refractivity contribution in [3.63, 3.8) is 0 Å². The van der Waals surface area contributed by atoms with E-state index in [0.29, 0.717) is 17.1 Å². The maximum Gasteiger partial charge on any atom is 3.00 e. The van der Waals surface area contributed by atoms with Gasteiger partial charge in [0.05, 0.1) is 46.4 Å². The summed E-state index contributed by atoms with van der Waals surface area (Å²) in [6.07, 6.45) is 0. The van der Waals surface area contributed by atoms with Crippen LogP contribution in [0.25, 0.3) is 32.3 Å². The summed E-state index contributed by atoms with van der Waals surface area (Å²) < 4.78 is 206. The molecule has 9 N–H and O–H groups in total. The van der Waals surface area contributed by atoms with E-state index in [0.717, 1.165) is 54.6 Å². The zero-order chi connectivity index (χ0) is 62.1. The molecule has 0 saturated heterocycles. The van der Waals surface area contributed by atoms with Gasteiger partial charge in [0.25, 0.3) is 0 Å². The van der Waals surface area contributed by atoms with Gasteiger partial charge in [-0.2, -0.15) is 15.3 Å². The number of aromatic hydroxyl groups is 3. The molecule has 30 nitrogen and oxygen atoms in total. The Morgan fingerprint density at radius 3 is 0.698 bits per heavy atom. The fourth-order valence-electron chi connectivity index (χ4n) is 7.58. The molecule has 9 rings (SSSR count). The van der Waals surface area contributed by atoms with Crippen LogP contribution < -0.4 is 17.2 Å². The van der Waals surface area contributed by atoms with Crippen LogP contribution in [0, 0.1) is 0 Å². The molecule has 0 aliphatic carbocycles. The first-order chi connectivity index (χ1) is 38.9. The van der Waals surface area contributed by atoms with Gasteiger partial charge in [-0.05, 0) is 107 Å². The van der Waals surface area contributed by atoms with Crippen molar-refractivity contribution >= 4 is 179 Å². The first-order valence-corrected chi connectivity index (χ1v) is 30.8. The van der Waals surface area contributed by atoms with Crippen LogP contribution in [0.5, 0.6) is 17.2 Å². The summed E-state index contributed by atoms with van der Waals surface area (Å²) in [5.74, 6) is -2.38. The predicted octanol–water partition coefficient (Wildman–Crippen LogP) is 6.29. The Balaban J connectivity index is 0.000000233. The Hall–Kier alpha value is -8.12. The second-order valence-electron chi connectivity index (χ2n) is 16.9. The minimum atomic E-state index is -5.15. The standard InChI is InChI=1S/3C16H13N3O7S2.2Al/c3*17-12-8-11(27(21,22)23)6-9-7-13(28(24,25)26)15(16(20)14(9)12)19-18-10-4-2-1-3-5-10;;/h3*1-8,20H,17H2,(H,21,22,23)(H,24,25,26);;/q;;;2*+3/p-6. The van der Waals surface area contributed by atoms with Gasteiger partial charge in [-0.25, -0.2) is 50.5 Å². The summed E-state index contributed by atoms with van der Waals surface area (Å²) in [6, 6.07) is 31.5. The van der Waals surface area contributed by atoms with Gasteiger partial charge in [-0.3, -0.25) is 0 Å². The number of fused-ring (bicyclic) bond motifs is 3. The molecule has 0 bridgehead atoms. The smallest absolute Gasteiger partial charge is 0.744 e. The van der Waals surface area contributed by atoms with Crippen molar-refractivity contribution < 1.29 is 93.1 Å². The predicted molar refractivity (Wildman–Crippen MR) is 301 cm³/mol. The summed E-state index contributed by atoms with van der Waals surface area (Å²) in [5.41, 5.74) is 15.2. The van der Waals surface area contributed by atoms with Crippen molar-refractivity contribution in [2.24, 2.45) is 30.7 Å². The number of benzene rings is 9. The van der Waals surface area contributed by atoms with Gasteiger partial charge >= 0.3 is 34.7 Å². The molecule has 9 aromatic rings. The van der Waals surface area contributed by atoms with E-state index in [1.54, 1.807) is 91.0 Å². The van der Waals surface area contributed by atoms with Crippen LogP contribution in [0.2, 0.25) is 0 Å². The maximum atomic E-state index is 11.6. The number of nitrogens with two attached hydrogens (primary N) is 3.